The van der Waals surface area contributed by atoms with Crippen molar-refractivity contribution in [2.24, 2.45) is 5.92 Å². The first kappa shape index (κ1) is 18.4. The van der Waals surface area contributed by atoms with E-state index in [9.17, 15) is 13.2 Å². The summed E-state index contributed by atoms with van der Waals surface area (Å²) in [5.74, 6) is 0.282. The molecule has 0 bridgehead atoms. The van der Waals surface area contributed by atoms with Gasteiger partial charge in [0.15, 0.2) is 0 Å². The molecule has 2 aliphatic carbocycles. The number of carbonyl (C=O) groups excluding carboxylic acids is 1. The van der Waals surface area contributed by atoms with Crippen molar-refractivity contribution in [3.05, 3.63) is 22.2 Å². The number of hydrogen-bond donors (Lipinski definition) is 0. The van der Waals surface area contributed by atoms with Gasteiger partial charge in [-0.15, -0.1) is 0 Å². The zero-order valence-corrected chi connectivity index (χ0v) is 17.5. The Balaban J connectivity index is 1.68. The van der Waals surface area contributed by atoms with Crippen molar-refractivity contribution in [2.45, 2.75) is 62.3 Å². The third kappa shape index (κ3) is 3.22. The molecule has 1 heterocycles. The first-order valence-corrected chi connectivity index (χ1v) is 11.7. The highest BCUT2D eigenvalue weighted by Crippen LogP contribution is 2.40. The maximum atomic E-state index is 13.3. The van der Waals surface area contributed by atoms with Crippen LogP contribution in [0.2, 0.25) is 0 Å². The predicted molar refractivity (Wildman–Crippen MR) is 105 cm³/mol. The van der Waals surface area contributed by atoms with Crippen LogP contribution in [0.3, 0.4) is 0 Å². The predicted octanol–water partition coefficient (Wildman–Crippen LogP) is 3.70. The topological polar surface area (TPSA) is 57.7 Å². The monoisotopic (exact) mass is 440 g/mol. The van der Waals surface area contributed by atoms with E-state index in [0.717, 1.165) is 56.2 Å². The van der Waals surface area contributed by atoms with Crippen LogP contribution in [-0.2, 0) is 21.2 Å². The molecule has 0 spiro atoms. The van der Waals surface area contributed by atoms with E-state index in [0.29, 0.717) is 11.0 Å². The van der Waals surface area contributed by atoms with Gasteiger partial charge < -0.3 is 4.90 Å². The van der Waals surface area contributed by atoms with Gasteiger partial charge in [-0.25, -0.2) is 8.42 Å². The lowest BCUT2D eigenvalue weighted by atomic mass is 9.96. The van der Waals surface area contributed by atoms with Gasteiger partial charge in [0, 0.05) is 35.7 Å². The average molecular weight is 441 g/mol. The van der Waals surface area contributed by atoms with Crippen molar-refractivity contribution < 1.29 is 13.2 Å². The van der Waals surface area contributed by atoms with Crippen LogP contribution in [-0.4, -0.2) is 38.3 Å². The van der Waals surface area contributed by atoms with E-state index in [2.05, 4.69) is 15.9 Å². The minimum Gasteiger partial charge on any atom is -0.312 e. The summed E-state index contributed by atoms with van der Waals surface area (Å²) in [7, 11) is -1.90. The fourth-order valence-electron chi connectivity index (χ4n) is 4.16. The second-order valence-electron chi connectivity index (χ2n) is 7.74. The number of halogens is 1. The molecule has 2 fully saturated rings. The molecule has 7 heteroatoms. The van der Waals surface area contributed by atoms with E-state index in [1.807, 2.05) is 6.07 Å². The lowest BCUT2D eigenvalue weighted by molar-refractivity contribution is -0.119. The number of benzene rings is 1. The molecule has 1 amide bonds. The fourth-order valence-corrected chi connectivity index (χ4v) is 6.65. The Morgan fingerprint density at radius 1 is 1.15 bits per heavy atom. The Labute approximate surface area is 163 Å². The molecule has 4 rings (SSSR count). The molecule has 0 unspecified atom stereocenters. The first-order chi connectivity index (χ1) is 12.4. The molecule has 0 aromatic heterocycles. The van der Waals surface area contributed by atoms with Crippen LogP contribution in [0.1, 0.15) is 50.5 Å². The minimum atomic E-state index is -3.60. The molecule has 1 aliphatic heterocycles. The Morgan fingerprint density at radius 3 is 2.50 bits per heavy atom. The molecule has 0 atom stereocenters. The second kappa shape index (κ2) is 6.91. The Bertz CT molecular complexity index is 829. The van der Waals surface area contributed by atoms with E-state index < -0.39 is 10.0 Å². The van der Waals surface area contributed by atoms with E-state index >= 15 is 0 Å². The summed E-state index contributed by atoms with van der Waals surface area (Å²) in [5.41, 5.74) is 1.82. The van der Waals surface area contributed by atoms with Crippen LogP contribution < -0.4 is 4.90 Å². The highest BCUT2D eigenvalue weighted by Gasteiger charge is 2.38. The maximum Gasteiger partial charge on any atom is 0.244 e. The molecule has 0 radical (unpaired) electrons. The molecule has 26 heavy (non-hydrogen) atoms. The highest BCUT2D eigenvalue weighted by atomic mass is 79.9. The van der Waals surface area contributed by atoms with E-state index in [4.69, 9.17) is 0 Å². The van der Waals surface area contributed by atoms with Gasteiger partial charge in [0.25, 0.3) is 0 Å². The molecule has 3 aliphatic rings. The number of nitrogens with zero attached hydrogens (tertiary/aromatic N) is 2. The summed E-state index contributed by atoms with van der Waals surface area (Å²) in [6.07, 6.45) is 7.89. The number of rotatable bonds is 4. The van der Waals surface area contributed by atoms with Gasteiger partial charge in [0.05, 0.1) is 4.90 Å². The van der Waals surface area contributed by atoms with Gasteiger partial charge in [-0.2, -0.15) is 4.31 Å². The molecular formula is C19H25BrN2O3S. The second-order valence-corrected chi connectivity index (χ2v) is 10.6. The standard InChI is InChI=1S/C19H25BrN2O3S/c1-21(15-5-3-2-4-6-15)26(24,25)18-12-17-14(11-16(18)20)9-10-22(17)19(23)13-7-8-13/h11-13,15H,2-10H2,1H3. The molecule has 1 aromatic rings. The SMILES string of the molecule is CN(C1CCCCC1)S(=O)(=O)c1cc2c(cc1Br)CCN2C(=O)C1CC1. The number of anilines is 1. The van der Waals surface area contributed by atoms with Gasteiger partial charge in [-0.05, 0) is 65.7 Å². The molecule has 0 N–H and O–H groups in total. The van der Waals surface area contributed by atoms with Crippen molar-refractivity contribution in [3.63, 3.8) is 0 Å². The van der Waals surface area contributed by atoms with Gasteiger partial charge in [-0.3, -0.25) is 4.79 Å². The first-order valence-electron chi connectivity index (χ1n) is 9.51. The van der Waals surface area contributed by atoms with Gasteiger partial charge in [0.2, 0.25) is 15.9 Å². The lowest BCUT2D eigenvalue weighted by Gasteiger charge is -2.31. The van der Waals surface area contributed by atoms with Gasteiger partial charge in [0.1, 0.15) is 0 Å². The van der Waals surface area contributed by atoms with Crippen molar-refractivity contribution in [1.82, 2.24) is 4.31 Å². The molecule has 0 saturated heterocycles. The van der Waals surface area contributed by atoms with Crippen molar-refractivity contribution in [2.75, 3.05) is 18.5 Å². The third-order valence-corrected chi connectivity index (χ3v) is 8.84. The molecule has 2 saturated carbocycles. The summed E-state index contributed by atoms with van der Waals surface area (Å²) in [5, 5.41) is 0. The van der Waals surface area contributed by atoms with Crippen LogP contribution in [0.15, 0.2) is 21.5 Å². The van der Waals surface area contributed by atoms with Gasteiger partial charge in [-0.1, -0.05) is 19.3 Å². The van der Waals surface area contributed by atoms with Crippen LogP contribution in [0.25, 0.3) is 0 Å². The highest BCUT2D eigenvalue weighted by molar-refractivity contribution is 9.10. The zero-order chi connectivity index (χ0) is 18.5. The van der Waals surface area contributed by atoms with E-state index in [-0.39, 0.29) is 22.8 Å². The van der Waals surface area contributed by atoms with Crippen LogP contribution in [0.4, 0.5) is 5.69 Å². The van der Waals surface area contributed by atoms with E-state index in [1.54, 1.807) is 22.3 Å². The summed E-state index contributed by atoms with van der Waals surface area (Å²) in [4.78, 5) is 14.6. The maximum absolute atomic E-state index is 13.3. The summed E-state index contributed by atoms with van der Waals surface area (Å²) in [6.45, 7) is 0.652. The van der Waals surface area contributed by atoms with E-state index in [1.165, 1.54) is 6.42 Å². The Kier molecular flexibility index (Phi) is 4.90. The largest absolute Gasteiger partial charge is 0.312 e. The van der Waals surface area contributed by atoms with Crippen molar-refractivity contribution in [1.29, 1.82) is 0 Å². The molecule has 5 nitrogen and oxygen atoms in total. The Hall–Kier alpha value is -0.920. The summed E-state index contributed by atoms with van der Waals surface area (Å²) < 4.78 is 28.7. The van der Waals surface area contributed by atoms with Gasteiger partial charge >= 0.3 is 0 Å². The van der Waals surface area contributed by atoms with Crippen molar-refractivity contribution in [3.8, 4) is 0 Å². The number of hydrogen-bond acceptors (Lipinski definition) is 3. The minimum absolute atomic E-state index is 0.0677. The fraction of sp³-hybridized carbons (Fsp3) is 0.632. The quantitative estimate of drug-likeness (QED) is 0.716. The lowest BCUT2D eigenvalue weighted by Crippen LogP contribution is -2.38. The third-order valence-electron chi connectivity index (χ3n) is 5.97. The molecule has 1 aromatic carbocycles. The number of sulfonamides is 1. The summed E-state index contributed by atoms with van der Waals surface area (Å²) >= 11 is 3.47. The van der Waals surface area contributed by atoms with Crippen molar-refractivity contribution >= 4 is 37.5 Å². The number of fused-ring (bicyclic) bond motifs is 1. The molecule has 142 valence electrons. The van der Waals surface area contributed by atoms with Crippen LogP contribution in [0.5, 0.6) is 0 Å². The van der Waals surface area contributed by atoms with Crippen LogP contribution >= 0.6 is 15.9 Å². The van der Waals surface area contributed by atoms with Crippen LogP contribution in [0, 0.1) is 5.92 Å². The zero-order valence-electron chi connectivity index (χ0n) is 15.1. The smallest absolute Gasteiger partial charge is 0.244 e. The Morgan fingerprint density at radius 2 is 1.85 bits per heavy atom. The number of carbonyl (C=O) groups is 1. The normalized spacial score (nSPS) is 21.3. The average Bonchev–Trinajstić information content (AvgIpc) is 3.41. The summed E-state index contributed by atoms with van der Waals surface area (Å²) in [6, 6.07) is 3.66. The molecular weight excluding hydrogens is 416 g/mol. The number of amides is 1.